The maximum absolute atomic E-state index is 12.5. The van der Waals surface area contributed by atoms with Gasteiger partial charge in [-0.15, -0.1) is 0 Å². The minimum Gasteiger partial charge on any atom is -0.466 e. The Morgan fingerprint density at radius 1 is 0.304 bits per heavy atom. The minimum atomic E-state index is -0.661. The summed E-state index contributed by atoms with van der Waals surface area (Å²) in [6, 6.07) is -0.538. The predicted molar refractivity (Wildman–Crippen MR) is 347 cm³/mol. The summed E-state index contributed by atoms with van der Waals surface area (Å²) < 4.78 is 5.50. The molecular weight excluding hydrogens is 971 g/mol. The van der Waals surface area contributed by atoms with E-state index in [4.69, 9.17) is 4.74 Å². The van der Waals surface area contributed by atoms with Gasteiger partial charge in [0, 0.05) is 12.8 Å². The molecule has 0 saturated carbocycles. The Bertz CT molecular complexity index is 1150. The molecule has 0 spiro atoms. The largest absolute Gasteiger partial charge is 0.466 e. The number of amides is 1. The smallest absolute Gasteiger partial charge is 0.305 e. The molecule has 0 aromatic carbocycles. The van der Waals surface area contributed by atoms with Crippen molar-refractivity contribution in [1.29, 1.82) is 0 Å². The zero-order chi connectivity index (χ0) is 57.1. The number of hydrogen-bond donors (Lipinski definition) is 3. The Kier molecular flexibility index (Phi) is 68.4. The Morgan fingerprint density at radius 2 is 0.519 bits per heavy atom. The van der Waals surface area contributed by atoms with E-state index in [1.807, 2.05) is 0 Å². The summed E-state index contributed by atoms with van der Waals surface area (Å²) >= 11 is 0. The monoisotopic (exact) mass is 1120 g/mol. The van der Waals surface area contributed by atoms with Crippen molar-refractivity contribution in [2.75, 3.05) is 13.2 Å². The Balaban J connectivity index is 3.32. The fourth-order valence-corrected chi connectivity index (χ4v) is 12.1. The average molecular weight is 1120 g/mol. The first kappa shape index (κ1) is 77.9. The highest BCUT2D eigenvalue weighted by molar-refractivity contribution is 5.76. The lowest BCUT2D eigenvalue weighted by Crippen LogP contribution is -2.45. The van der Waals surface area contributed by atoms with Crippen molar-refractivity contribution in [3.05, 3.63) is 0 Å². The summed E-state index contributed by atoms with van der Waals surface area (Å²) in [4.78, 5) is 24.6. The molecule has 0 rings (SSSR count). The second kappa shape index (κ2) is 69.4. The van der Waals surface area contributed by atoms with Crippen LogP contribution in [-0.2, 0) is 14.3 Å². The van der Waals surface area contributed by atoms with Crippen LogP contribution in [0.1, 0.15) is 431 Å². The lowest BCUT2D eigenvalue weighted by molar-refractivity contribution is -0.143. The first-order valence-electron chi connectivity index (χ1n) is 36.8. The van der Waals surface area contributed by atoms with Crippen LogP contribution in [0.25, 0.3) is 0 Å². The summed E-state index contributed by atoms with van der Waals surface area (Å²) in [5.41, 5.74) is 0. The van der Waals surface area contributed by atoms with E-state index in [0.29, 0.717) is 25.9 Å². The number of aliphatic hydroxyl groups excluding tert-OH is 2. The molecule has 0 aliphatic rings. The third-order valence-corrected chi connectivity index (χ3v) is 17.7. The van der Waals surface area contributed by atoms with Gasteiger partial charge in [-0.1, -0.05) is 393 Å². The van der Waals surface area contributed by atoms with Crippen molar-refractivity contribution in [3.63, 3.8) is 0 Å². The molecule has 0 aliphatic heterocycles. The van der Waals surface area contributed by atoms with E-state index in [1.54, 1.807) is 0 Å². The van der Waals surface area contributed by atoms with E-state index in [1.165, 1.54) is 360 Å². The molecular formula is C73H145NO5. The fraction of sp³-hybridized carbons (Fsp3) is 0.973. The van der Waals surface area contributed by atoms with E-state index in [2.05, 4.69) is 19.2 Å². The second-order valence-electron chi connectivity index (χ2n) is 25.6. The number of esters is 1. The fourth-order valence-electron chi connectivity index (χ4n) is 12.1. The van der Waals surface area contributed by atoms with Crippen molar-refractivity contribution in [3.8, 4) is 0 Å². The van der Waals surface area contributed by atoms with Gasteiger partial charge in [-0.3, -0.25) is 9.59 Å². The third kappa shape index (κ3) is 65.9. The number of rotatable bonds is 70. The first-order valence-corrected chi connectivity index (χ1v) is 36.8. The van der Waals surface area contributed by atoms with E-state index in [9.17, 15) is 19.8 Å². The molecule has 6 heteroatoms. The molecule has 0 aromatic rings. The van der Waals surface area contributed by atoms with Crippen LogP contribution in [0.3, 0.4) is 0 Å². The van der Waals surface area contributed by atoms with Crippen molar-refractivity contribution in [2.45, 2.75) is 443 Å². The van der Waals surface area contributed by atoms with Crippen molar-refractivity contribution < 1.29 is 24.5 Å². The van der Waals surface area contributed by atoms with E-state index in [0.717, 1.165) is 38.5 Å². The van der Waals surface area contributed by atoms with Crippen molar-refractivity contribution >= 4 is 11.9 Å². The number of ether oxygens (including phenoxy) is 1. The van der Waals surface area contributed by atoms with Crippen molar-refractivity contribution in [1.82, 2.24) is 5.32 Å². The van der Waals surface area contributed by atoms with Gasteiger partial charge in [0.1, 0.15) is 0 Å². The molecule has 3 N–H and O–H groups in total. The average Bonchev–Trinajstić information content (AvgIpc) is 3.45. The topological polar surface area (TPSA) is 95.9 Å². The molecule has 0 aromatic heterocycles. The van der Waals surface area contributed by atoms with Crippen LogP contribution in [0.5, 0.6) is 0 Å². The van der Waals surface area contributed by atoms with Crippen LogP contribution < -0.4 is 5.32 Å². The molecule has 0 bridgehead atoms. The Morgan fingerprint density at radius 3 is 0.772 bits per heavy atom. The molecule has 2 atom stereocenters. The molecule has 79 heavy (non-hydrogen) atoms. The van der Waals surface area contributed by atoms with E-state index >= 15 is 0 Å². The summed E-state index contributed by atoms with van der Waals surface area (Å²) in [6.45, 7) is 5.01. The molecule has 0 heterocycles. The third-order valence-electron chi connectivity index (χ3n) is 17.7. The molecule has 2 unspecified atom stereocenters. The molecule has 0 radical (unpaired) electrons. The summed E-state index contributed by atoms with van der Waals surface area (Å²) in [7, 11) is 0. The molecule has 0 saturated heterocycles. The highest BCUT2D eigenvalue weighted by atomic mass is 16.5. The number of unbranched alkanes of at least 4 members (excludes halogenated alkanes) is 59. The first-order chi connectivity index (χ1) is 39.0. The van der Waals surface area contributed by atoms with Gasteiger partial charge in [-0.25, -0.2) is 0 Å². The highest BCUT2D eigenvalue weighted by Gasteiger charge is 2.20. The zero-order valence-electron chi connectivity index (χ0n) is 54.2. The van der Waals surface area contributed by atoms with Crippen LogP contribution in [0.4, 0.5) is 0 Å². The van der Waals surface area contributed by atoms with Crippen LogP contribution in [0, 0.1) is 0 Å². The molecule has 0 aliphatic carbocycles. The van der Waals surface area contributed by atoms with Gasteiger partial charge in [-0.05, 0) is 25.7 Å². The zero-order valence-corrected chi connectivity index (χ0v) is 54.2. The minimum absolute atomic E-state index is 0.0231. The number of nitrogens with one attached hydrogen (secondary N) is 1. The van der Waals surface area contributed by atoms with Gasteiger partial charge in [0.2, 0.25) is 5.91 Å². The number of aliphatic hydroxyl groups is 2. The molecule has 472 valence electrons. The standard InChI is InChI=1S/C73H145NO5/c1-3-5-7-9-11-13-15-17-19-20-32-35-38-41-45-49-53-57-61-65-71(76)70(69-75)74-72(77)66-62-58-54-50-46-42-39-36-33-30-28-26-24-22-21-23-25-27-29-31-34-37-40-44-48-52-56-60-64-68-79-73(78)67-63-59-55-51-47-43-18-16-14-12-10-8-6-4-2/h70-71,75-76H,3-69H2,1-2H3,(H,74,77). The SMILES string of the molecule is CCCCCCCCCCCCCCCCCCCCCC(O)C(CO)NC(=O)CCCCCCCCCCCCCCCCCCCCCCCCCCCCCCCOC(=O)CCCCCCCCCCCCCCCC. The lowest BCUT2D eigenvalue weighted by atomic mass is 10.0. The second-order valence-corrected chi connectivity index (χ2v) is 25.6. The summed E-state index contributed by atoms with van der Waals surface area (Å²) in [5, 5.41) is 23.4. The van der Waals surface area contributed by atoms with Crippen LogP contribution in [0.15, 0.2) is 0 Å². The van der Waals surface area contributed by atoms with Gasteiger partial charge in [0.15, 0.2) is 0 Å². The summed E-state index contributed by atoms with van der Waals surface area (Å²) in [5.74, 6) is -0.00305. The molecule has 1 amide bonds. The van der Waals surface area contributed by atoms with Crippen LogP contribution in [-0.4, -0.2) is 47.4 Å². The van der Waals surface area contributed by atoms with E-state index in [-0.39, 0.29) is 18.5 Å². The molecule has 6 nitrogen and oxygen atoms in total. The van der Waals surface area contributed by atoms with Gasteiger partial charge in [-0.2, -0.15) is 0 Å². The number of carbonyl (C=O) groups is 2. The lowest BCUT2D eigenvalue weighted by Gasteiger charge is -2.22. The number of carbonyl (C=O) groups excluding carboxylic acids is 2. The maximum Gasteiger partial charge on any atom is 0.305 e. The molecule has 0 fully saturated rings. The van der Waals surface area contributed by atoms with Gasteiger partial charge in [0.25, 0.3) is 0 Å². The van der Waals surface area contributed by atoms with Gasteiger partial charge >= 0.3 is 5.97 Å². The van der Waals surface area contributed by atoms with Crippen molar-refractivity contribution in [2.24, 2.45) is 0 Å². The van der Waals surface area contributed by atoms with Crippen LogP contribution in [0.2, 0.25) is 0 Å². The Labute approximate surface area is 496 Å². The quantitative estimate of drug-likeness (QED) is 0.0417. The normalized spacial score (nSPS) is 12.4. The van der Waals surface area contributed by atoms with Crippen LogP contribution >= 0.6 is 0 Å². The van der Waals surface area contributed by atoms with E-state index < -0.39 is 12.1 Å². The highest BCUT2D eigenvalue weighted by Crippen LogP contribution is 2.20. The maximum atomic E-state index is 12.5. The van der Waals surface area contributed by atoms with Gasteiger partial charge in [0.05, 0.1) is 25.4 Å². The predicted octanol–water partition coefficient (Wildman–Crippen LogP) is 23.8. The van der Waals surface area contributed by atoms with Gasteiger partial charge < -0.3 is 20.3 Å². The summed E-state index contributed by atoms with van der Waals surface area (Å²) in [6.07, 6.45) is 84.5. The number of hydrogen-bond acceptors (Lipinski definition) is 5. The Hall–Kier alpha value is -1.14.